The van der Waals surface area contributed by atoms with Gasteiger partial charge in [-0.2, -0.15) is 0 Å². The normalized spacial score (nSPS) is 17.8. The molecule has 2 N–H and O–H groups in total. The van der Waals surface area contributed by atoms with E-state index >= 15 is 0 Å². The molecule has 132 valence electrons. The first-order valence-electron chi connectivity index (χ1n) is 8.68. The van der Waals surface area contributed by atoms with Gasteiger partial charge in [-0.25, -0.2) is 4.98 Å². The average Bonchev–Trinajstić information content (AvgIpc) is 3.30. The number of amides is 1. The molecule has 7 nitrogen and oxygen atoms in total. The minimum atomic E-state index is -0.166. The van der Waals surface area contributed by atoms with E-state index < -0.39 is 0 Å². The van der Waals surface area contributed by atoms with E-state index in [2.05, 4.69) is 19.9 Å². The Bertz CT molecular complexity index is 853. The van der Waals surface area contributed by atoms with E-state index in [9.17, 15) is 4.79 Å². The standard InChI is InChI=1S/C19H20N6O/c20-17-13-25(15-4-3-7-21-11-15)19(26)16(17)12-22-14-5-6-18(23-10-14)24-8-1-2-9-24/h3-7,10-12H,1-2,8-9,13,20H2. The summed E-state index contributed by atoms with van der Waals surface area (Å²) in [5, 5.41) is 0. The quantitative estimate of drug-likeness (QED) is 0.854. The molecule has 1 fully saturated rings. The van der Waals surface area contributed by atoms with E-state index in [-0.39, 0.29) is 5.91 Å². The van der Waals surface area contributed by atoms with Crippen LogP contribution in [0.1, 0.15) is 12.8 Å². The van der Waals surface area contributed by atoms with Gasteiger partial charge >= 0.3 is 0 Å². The van der Waals surface area contributed by atoms with Crippen molar-refractivity contribution in [3.63, 3.8) is 0 Å². The predicted molar refractivity (Wildman–Crippen MR) is 102 cm³/mol. The van der Waals surface area contributed by atoms with Crippen LogP contribution in [0.15, 0.2) is 59.1 Å². The van der Waals surface area contributed by atoms with Crippen LogP contribution < -0.4 is 15.5 Å². The third kappa shape index (κ3) is 3.15. The fraction of sp³-hybridized carbons (Fsp3) is 0.263. The van der Waals surface area contributed by atoms with Crippen LogP contribution >= 0.6 is 0 Å². The lowest BCUT2D eigenvalue weighted by Gasteiger charge is -2.15. The molecule has 1 amide bonds. The van der Waals surface area contributed by atoms with Gasteiger partial charge in [0.05, 0.1) is 35.9 Å². The van der Waals surface area contributed by atoms with Crippen LogP contribution in [0.3, 0.4) is 0 Å². The molecule has 2 aliphatic rings. The summed E-state index contributed by atoms with van der Waals surface area (Å²) in [6.07, 6.45) is 8.99. The first kappa shape index (κ1) is 16.3. The van der Waals surface area contributed by atoms with Gasteiger partial charge in [0.1, 0.15) is 5.82 Å². The first-order chi connectivity index (χ1) is 12.7. The molecular weight excluding hydrogens is 328 g/mol. The zero-order chi connectivity index (χ0) is 17.9. The van der Waals surface area contributed by atoms with Gasteiger partial charge in [-0.05, 0) is 37.1 Å². The van der Waals surface area contributed by atoms with Gasteiger partial charge in [-0.15, -0.1) is 0 Å². The van der Waals surface area contributed by atoms with Crippen molar-refractivity contribution in [3.05, 3.63) is 54.1 Å². The van der Waals surface area contributed by atoms with E-state index in [1.807, 2.05) is 18.2 Å². The van der Waals surface area contributed by atoms with Crippen LogP contribution in [-0.4, -0.2) is 41.7 Å². The SMILES string of the molecule is NC1=C(C=Nc2ccc(N3CCCC3)nc2)C(=O)N(c2cccnc2)C1. The Kier molecular flexibility index (Phi) is 4.35. The van der Waals surface area contributed by atoms with E-state index in [1.165, 1.54) is 19.1 Å². The maximum Gasteiger partial charge on any atom is 0.262 e. The molecule has 2 aliphatic heterocycles. The molecule has 4 heterocycles. The lowest BCUT2D eigenvalue weighted by atomic mass is 10.2. The van der Waals surface area contributed by atoms with E-state index in [0.29, 0.717) is 23.5 Å². The number of aromatic nitrogens is 2. The van der Waals surface area contributed by atoms with Gasteiger partial charge in [0, 0.05) is 31.2 Å². The third-order valence-electron chi connectivity index (χ3n) is 4.61. The lowest BCUT2D eigenvalue weighted by molar-refractivity contribution is -0.114. The third-order valence-corrected chi connectivity index (χ3v) is 4.61. The molecule has 0 spiro atoms. The van der Waals surface area contributed by atoms with E-state index in [1.54, 1.807) is 29.6 Å². The second-order valence-corrected chi connectivity index (χ2v) is 6.37. The van der Waals surface area contributed by atoms with Crippen LogP contribution in [-0.2, 0) is 4.79 Å². The molecule has 0 unspecified atom stereocenters. The topological polar surface area (TPSA) is 87.7 Å². The van der Waals surface area contributed by atoms with E-state index in [4.69, 9.17) is 5.73 Å². The van der Waals surface area contributed by atoms with Crippen LogP contribution in [0.25, 0.3) is 0 Å². The average molecular weight is 348 g/mol. The van der Waals surface area contributed by atoms with Crippen LogP contribution in [0, 0.1) is 0 Å². The van der Waals surface area contributed by atoms with Crippen molar-refractivity contribution in [2.24, 2.45) is 10.7 Å². The Labute approximate surface area is 151 Å². The number of pyridine rings is 2. The van der Waals surface area contributed by atoms with Gasteiger partial charge in [-0.3, -0.25) is 14.8 Å². The van der Waals surface area contributed by atoms with Crippen molar-refractivity contribution in [2.75, 3.05) is 29.4 Å². The number of carbonyl (C=O) groups is 1. The minimum absolute atomic E-state index is 0.166. The highest BCUT2D eigenvalue weighted by Crippen LogP contribution is 2.23. The molecule has 2 aromatic heterocycles. The van der Waals surface area contributed by atoms with Crippen molar-refractivity contribution < 1.29 is 4.79 Å². The summed E-state index contributed by atoms with van der Waals surface area (Å²) in [7, 11) is 0. The highest BCUT2D eigenvalue weighted by molar-refractivity contribution is 6.22. The Hall–Kier alpha value is -3.22. The second kappa shape index (κ2) is 6.95. The summed E-state index contributed by atoms with van der Waals surface area (Å²) >= 11 is 0. The molecule has 0 radical (unpaired) electrons. The van der Waals surface area contributed by atoms with Gasteiger partial charge in [-0.1, -0.05) is 0 Å². The molecule has 1 saturated heterocycles. The fourth-order valence-corrected chi connectivity index (χ4v) is 3.20. The Morgan fingerprint density at radius 1 is 1.15 bits per heavy atom. The van der Waals surface area contributed by atoms with Gasteiger partial charge in [0.2, 0.25) is 0 Å². The Balaban J connectivity index is 1.48. The van der Waals surface area contributed by atoms with Crippen LogP contribution in [0.2, 0.25) is 0 Å². The molecule has 26 heavy (non-hydrogen) atoms. The second-order valence-electron chi connectivity index (χ2n) is 6.37. The molecule has 0 atom stereocenters. The summed E-state index contributed by atoms with van der Waals surface area (Å²) in [6.45, 7) is 2.45. The zero-order valence-electron chi connectivity index (χ0n) is 14.4. The Morgan fingerprint density at radius 3 is 2.69 bits per heavy atom. The maximum atomic E-state index is 12.6. The monoisotopic (exact) mass is 348 g/mol. The Morgan fingerprint density at radius 2 is 2.00 bits per heavy atom. The molecule has 0 bridgehead atoms. The smallest absolute Gasteiger partial charge is 0.262 e. The number of hydrogen-bond donors (Lipinski definition) is 1. The van der Waals surface area contributed by atoms with Gasteiger partial charge in [0.25, 0.3) is 5.91 Å². The summed E-state index contributed by atoms with van der Waals surface area (Å²) in [5.74, 6) is 0.806. The number of nitrogens with zero attached hydrogens (tertiary/aromatic N) is 5. The molecule has 0 aliphatic carbocycles. The van der Waals surface area contributed by atoms with Crippen LogP contribution in [0.4, 0.5) is 17.2 Å². The summed E-state index contributed by atoms with van der Waals surface area (Å²) in [5.41, 5.74) is 8.39. The molecule has 4 rings (SSSR count). The van der Waals surface area contributed by atoms with E-state index in [0.717, 1.165) is 24.6 Å². The molecular formula is C19H20N6O. The summed E-state index contributed by atoms with van der Waals surface area (Å²) < 4.78 is 0. The number of nitrogens with two attached hydrogens (primary N) is 1. The van der Waals surface area contributed by atoms with Crippen molar-refractivity contribution in [1.82, 2.24) is 9.97 Å². The summed E-state index contributed by atoms with van der Waals surface area (Å²) in [6, 6.07) is 7.50. The largest absolute Gasteiger partial charge is 0.400 e. The lowest BCUT2D eigenvalue weighted by Crippen LogP contribution is -2.27. The maximum absolute atomic E-state index is 12.6. The number of hydrogen-bond acceptors (Lipinski definition) is 6. The first-order valence-corrected chi connectivity index (χ1v) is 8.68. The molecule has 2 aromatic rings. The number of anilines is 2. The predicted octanol–water partition coefficient (Wildman–Crippen LogP) is 2.04. The highest BCUT2D eigenvalue weighted by Gasteiger charge is 2.29. The fourth-order valence-electron chi connectivity index (χ4n) is 3.20. The van der Waals surface area contributed by atoms with Gasteiger partial charge < -0.3 is 15.5 Å². The summed E-state index contributed by atoms with van der Waals surface area (Å²) in [4.78, 5) is 29.4. The van der Waals surface area contributed by atoms with Crippen molar-refractivity contribution in [2.45, 2.75) is 12.8 Å². The molecule has 7 heteroatoms. The number of rotatable bonds is 4. The van der Waals surface area contributed by atoms with Crippen molar-refractivity contribution in [3.8, 4) is 0 Å². The number of aliphatic imine (C=N–C) groups is 1. The highest BCUT2D eigenvalue weighted by atomic mass is 16.2. The van der Waals surface area contributed by atoms with Gasteiger partial charge in [0.15, 0.2) is 0 Å². The van der Waals surface area contributed by atoms with Crippen molar-refractivity contribution in [1.29, 1.82) is 0 Å². The number of carbonyl (C=O) groups excluding carboxylic acids is 1. The van der Waals surface area contributed by atoms with Crippen molar-refractivity contribution >= 4 is 29.3 Å². The van der Waals surface area contributed by atoms with Crippen LogP contribution in [0.5, 0.6) is 0 Å². The molecule has 0 saturated carbocycles. The minimum Gasteiger partial charge on any atom is -0.400 e. The zero-order valence-corrected chi connectivity index (χ0v) is 14.4. The molecule has 0 aromatic carbocycles.